The lowest BCUT2D eigenvalue weighted by Gasteiger charge is -2.07. The van der Waals surface area contributed by atoms with Gasteiger partial charge < -0.3 is 5.11 Å². The first kappa shape index (κ1) is 17.1. The van der Waals surface area contributed by atoms with Gasteiger partial charge in [0.1, 0.15) is 16.1 Å². The Hall–Kier alpha value is -3.36. The number of hydrogen-bond acceptors (Lipinski definition) is 6. The van der Waals surface area contributed by atoms with Crippen LogP contribution in [-0.2, 0) is 10.1 Å². The molecule has 0 aliphatic carbocycles. The molecule has 4 aromatic rings. The highest BCUT2D eigenvalue weighted by atomic mass is 32.2. The van der Waals surface area contributed by atoms with Gasteiger partial charge in [0.05, 0.1) is 5.69 Å². The zero-order chi connectivity index (χ0) is 19.0. The van der Waals surface area contributed by atoms with E-state index in [4.69, 9.17) is 0 Å². The van der Waals surface area contributed by atoms with Crippen LogP contribution in [0.2, 0.25) is 0 Å². The van der Waals surface area contributed by atoms with Crippen LogP contribution in [0.3, 0.4) is 0 Å². The normalized spacial score (nSPS) is 12.2. The Morgan fingerprint density at radius 3 is 2.44 bits per heavy atom. The monoisotopic (exact) mass is 379 g/mol. The Labute approximate surface area is 154 Å². The lowest BCUT2D eigenvalue weighted by Crippen LogP contribution is -1.99. The molecule has 0 atom stereocenters. The molecule has 2 N–H and O–H groups in total. The van der Waals surface area contributed by atoms with Gasteiger partial charge in [0.2, 0.25) is 0 Å². The number of aromatic hydroxyl groups is 1. The van der Waals surface area contributed by atoms with Gasteiger partial charge in [-0.1, -0.05) is 30.3 Å². The van der Waals surface area contributed by atoms with Crippen LogP contribution in [0, 0.1) is 0 Å². The third-order valence-corrected chi connectivity index (χ3v) is 4.99. The predicted molar refractivity (Wildman–Crippen MR) is 101 cm³/mol. The molecule has 0 amide bonds. The molecule has 0 bridgehead atoms. The molecule has 3 aromatic carbocycles. The van der Waals surface area contributed by atoms with Crippen LogP contribution >= 0.6 is 0 Å². The molecule has 1 aromatic heterocycles. The molecule has 1 heterocycles. The van der Waals surface area contributed by atoms with Crippen LogP contribution in [0.1, 0.15) is 0 Å². The third kappa shape index (κ3) is 3.23. The van der Waals surface area contributed by atoms with Gasteiger partial charge in [0.25, 0.3) is 10.1 Å². The summed E-state index contributed by atoms with van der Waals surface area (Å²) in [6, 6.07) is 17.2. The predicted octanol–water partition coefficient (Wildman–Crippen LogP) is 4.76. The van der Waals surface area contributed by atoms with E-state index >= 15 is 0 Å². The number of phenolic OH excluding ortho intramolecular Hbond substituents is 1. The highest BCUT2D eigenvalue weighted by Gasteiger charge is 2.20. The molecule has 7 nitrogen and oxygen atoms in total. The van der Waals surface area contributed by atoms with Crippen LogP contribution in [0.25, 0.3) is 21.7 Å². The smallest absolute Gasteiger partial charge is 0.295 e. The van der Waals surface area contributed by atoms with Crippen molar-refractivity contribution in [1.82, 2.24) is 4.98 Å². The Balaban J connectivity index is 1.85. The molecule has 0 radical (unpaired) electrons. The summed E-state index contributed by atoms with van der Waals surface area (Å²) in [7, 11) is -4.53. The SMILES string of the molecule is O=S(=O)(O)c1cc(N=Nc2ccc3ccccc3c2)c(O)c2ncccc12. The highest BCUT2D eigenvalue weighted by molar-refractivity contribution is 7.86. The van der Waals surface area contributed by atoms with Crippen molar-refractivity contribution in [3.63, 3.8) is 0 Å². The van der Waals surface area contributed by atoms with Crippen LogP contribution < -0.4 is 0 Å². The molecule has 0 saturated carbocycles. The van der Waals surface area contributed by atoms with E-state index < -0.39 is 15.0 Å². The fourth-order valence-electron chi connectivity index (χ4n) is 2.82. The highest BCUT2D eigenvalue weighted by Crippen LogP contribution is 2.38. The van der Waals surface area contributed by atoms with Gasteiger partial charge >= 0.3 is 0 Å². The van der Waals surface area contributed by atoms with E-state index in [-0.39, 0.29) is 22.3 Å². The first-order valence-electron chi connectivity index (χ1n) is 7.92. The number of nitrogens with zero attached hydrogens (tertiary/aromatic N) is 3. The molecule has 0 unspecified atom stereocenters. The zero-order valence-corrected chi connectivity index (χ0v) is 14.6. The lowest BCUT2D eigenvalue weighted by molar-refractivity contribution is 0.479. The summed E-state index contributed by atoms with van der Waals surface area (Å²) in [4.78, 5) is 3.59. The molecule has 27 heavy (non-hydrogen) atoms. The van der Waals surface area contributed by atoms with Crippen molar-refractivity contribution in [3.05, 3.63) is 66.9 Å². The average molecular weight is 379 g/mol. The van der Waals surface area contributed by atoms with E-state index in [0.717, 1.165) is 16.8 Å². The second-order valence-corrected chi connectivity index (χ2v) is 7.24. The van der Waals surface area contributed by atoms with Gasteiger partial charge in [-0.25, -0.2) is 0 Å². The summed E-state index contributed by atoms with van der Waals surface area (Å²) in [5.41, 5.74) is 0.435. The molecule has 134 valence electrons. The maximum absolute atomic E-state index is 11.7. The third-order valence-electron chi connectivity index (χ3n) is 4.09. The van der Waals surface area contributed by atoms with Gasteiger partial charge in [0, 0.05) is 11.6 Å². The summed E-state index contributed by atoms with van der Waals surface area (Å²) in [5.74, 6) is -0.317. The van der Waals surface area contributed by atoms with Crippen molar-refractivity contribution < 1.29 is 18.1 Å². The fraction of sp³-hybridized carbons (Fsp3) is 0. The molecular weight excluding hydrogens is 366 g/mol. The molecule has 0 aliphatic heterocycles. The number of azo groups is 1. The van der Waals surface area contributed by atoms with Gasteiger partial charge in [-0.3, -0.25) is 9.54 Å². The van der Waals surface area contributed by atoms with Crippen molar-refractivity contribution in [2.75, 3.05) is 0 Å². The number of hydrogen-bond donors (Lipinski definition) is 2. The van der Waals surface area contributed by atoms with Crippen molar-refractivity contribution >= 4 is 43.2 Å². The topological polar surface area (TPSA) is 112 Å². The van der Waals surface area contributed by atoms with E-state index in [1.165, 1.54) is 18.3 Å². The zero-order valence-electron chi connectivity index (χ0n) is 13.8. The molecule has 0 spiro atoms. The van der Waals surface area contributed by atoms with Crippen LogP contribution in [0.4, 0.5) is 11.4 Å². The van der Waals surface area contributed by atoms with Gasteiger partial charge in [-0.05, 0) is 41.1 Å². The Bertz CT molecular complexity index is 1320. The average Bonchev–Trinajstić information content (AvgIpc) is 2.66. The molecular formula is C19H13N3O4S. The van der Waals surface area contributed by atoms with Gasteiger partial charge in [0.15, 0.2) is 5.75 Å². The first-order valence-corrected chi connectivity index (χ1v) is 9.36. The van der Waals surface area contributed by atoms with Crippen molar-refractivity contribution in [3.8, 4) is 5.75 Å². The number of rotatable bonds is 3. The molecule has 4 rings (SSSR count). The molecule has 0 aliphatic rings. The quantitative estimate of drug-likeness (QED) is 0.394. The van der Waals surface area contributed by atoms with E-state index in [0.29, 0.717) is 5.69 Å². The minimum absolute atomic E-state index is 0.0140. The van der Waals surface area contributed by atoms with Crippen LogP contribution in [0.15, 0.2) is 82.0 Å². The second-order valence-electron chi connectivity index (χ2n) is 5.85. The van der Waals surface area contributed by atoms with Crippen LogP contribution in [-0.4, -0.2) is 23.1 Å². The Kier molecular flexibility index (Phi) is 4.06. The van der Waals surface area contributed by atoms with Gasteiger partial charge in [-0.2, -0.15) is 13.5 Å². The van der Waals surface area contributed by atoms with Crippen molar-refractivity contribution in [2.45, 2.75) is 4.90 Å². The van der Waals surface area contributed by atoms with Crippen molar-refractivity contribution in [1.29, 1.82) is 0 Å². The summed E-state index contributed by atoms with van der Waals surface area (Å²) in [5, 5.41) is 20.6. The van der Waals surface area contributed by atoms with E-state index in [1.807, 2.05) is 36.4 Å². The standard InChI is InChI=1S/C19H13N3O4S/c23-19-16(11-17(27(24,25)26)15-6-3-9-20-18(15)19)22-21-14-8-7-12-4-1-2-5-13(12)10-14/h1-11,23H,(H,24,25,26). The number of pyridine rings is 1. The minimum Gasteiger partial charge on any atom is -0.504 e. The minimum atomic E-state index is -4.53. The van der Waals surface area contributed by atoms with E-state index in [9.17, 15) is 18.1 Å². The first-order chi connectivity index (χ1) is 12.9. The number of aromatic nitrogens is 1. The maximum atomic E-state index is 11.7. The summed E-state index contributed by atoms with van der Waals surface area (Å²) in [6.45, 7) is 0. The number of fused-ring (bicyclic) bond motifs is 2. The van der Waals surface area contributed by atoms with E-state index in [1.54, 1.807) is 6.07 Å². The van der Waals surface area contributed by atoms with Crippen molar-refractivity contribution in [2.24, 2.45) is 10.2 Å². The van der Waals surface area contributed by atoms with Gasteiger partial charge in [-0.15, -0.1) is 5.11 Å². The number of benzene rings is 3. The summed E-state index contributed by atoms with van der Waals surface area (Å²) >= 11 is 0. The van der Waals surface area contributed by atoms with E-state index in [2.05, 4.69) is 15.2 Å². The fourth-order valence-corrected chi connectivity index (χ4v) is 3.53. The second kappa shape index (κ2) is 6.42. The Morgan fingerprint density at radius 1 is 0.889 bits per heavy atom. The summed E-state index contributed by atoms with van der Waals surface area (Å²) in [6.07, 6.45) is 1.40. The number of phenols is 1. The molecule has 0 fully saturated rings. The van der Waals surface area contributed by atoms with Crippen LogP contribution in [0.5, 0.6) is 5.75 Å². The largest absolute Gasteiger partial charge is 0.504 e. The lowest BCUT2D eigenvalue weighted by atomic mass is 10.1. The maximum Gasteiger partial charge on any atom is 0.295 e. The Morgan fingerprint density at radius 2 is 1.67 bits per heavy atom. The molecule has 8 heteroatoms. The molecule has 0 saturated heterocycles. The summed E-state index contributed by atoms with van der Waals surface area (Å²) < 4.78 is 32.9.